The molecule has 3 aromatic rings. The molecule has 0 spiro atoms. The van der Waals surface area contributed by atoms with Gasteiger partial charge in [-0.05, 0) is 24.1 Å². The summed E-state index contributed by atoms with van der Waals surface area (Å²) in [5.41, 5.74) is 2.84. The fourth-order valence-electron chi connectivity index (χ4n) is 2.75. The Labute approximate surface area is 176 Å². The molecular weight excluding hydrogens is 417 g/mol. The molecule has 0 saturated carbocycles. The van der Waals surface area contributed by atoms with Gasteiger partial charge in [0, 0.05) is 23.2 Å². The second-order valence-electron chi connectivity index (χ2n) is 6.57. The van der Waals surface area contributed by atoms with Crippen LogP contribution in [0.3, 0.4) is 0 Å². The molecule has 0 aliphatic carbocycles. The molecule has 0 saturated heterocycles. The van der Waals surface area contributed by atoms with Crippen LogP contribution in [0.5, 0.6) is 0 Å². The van der Waals surface area contributed by atoms with Crippen LogP contribution in [-0.2, 0) is 4.79 Å². The number of aryl methyl sites for hydroxylation is 1. The van der Waals surface area contributed by atoms with Gasteiger partial charge < -0.3 is 10.6 Å². The zero-order valence-electron chi connectivity index (χ0n) is 15.9. The minimum atomic E-state index is -4.97. The standard InChI is InChI=1S/C21H18ClF3N4O/c1-13-7-8-15(9-16(13)22)17-10-19(28-12-27-17)26-11-18(14-5-3-2-4-6-14)29-20(30)21(23,24)25/h2-10,12,18H,11H2,1H3,(H,29,30)(H,26,27,28)/t18-/m0/s1. The second-order valence-corrected chi connectivity index (χ2v) is 6.98. The summed E-state index contributed by atoms with van der Waals surface area (Å²) in [6.45, 7) is 1.88. The molecule has 0 fully saturated rings. The van der Waals surface area contributed by atoms with Gasteiger partial charge in [0.1, 0.15) is 12.1 Å². The van der Waals surface area contributed by atoms with Crippen molar-refractivity contribution in [3.63, 3.8) is 0 Å². The summed E-state index contributed by atoms with van der Waals surface area (Å²) in [5.74, 6) is -1.60. The molecule has 1 atom stereocenters. The predicted octanol–water partition coefficient (Wildman–Crippen LogP) is 4.94. The maximum atomic E-state index is 12.7. The monoisotopic (exact) mass is 434 g/mol. The Morgan fingerprint density at radius 2 is 1.83 bits per heavy atom. The van der Waals surface area contributed by atoms with E-state index in [4.69, 9.17) is 11.6 Å². The lowest BCUT2D eigenvalue weighted by molar-refractivity contribution is -0.174. The van der Waals surface area contributed by atoms with E-state index >= 15 is 0 Å². The summed E-state index contributed by atoms with van der Waals surface area (Å²) in [5, 5.41) is 5.58. The van der Waals surface area contributed by atoms with Crippen LogP contribution < -0.4 is 10.6 Å². The predicted molar refractivity (Wildman–Crippen MR) is 109 cm³/mol. The van der Waals surface area contributed by atoms with Crippen molar-refractivity contribution in [3.8, 4) is 11.3 Å². The number of anilines is 1. The second kappa shape index (κ2) is 9.13. The lowest BCUT2D eigenvalue weighted by Crippen LogP contribution is -2.41. The van der Waals surface area contributed by atoms with Gasteiger partial charge >= 0.3 is 12.1 Å². The maximum absolute atomic E-state index is 12.7. The van der Waals surface area contributed by atoms with Crippen molar-refractivity contribution in [1.82, 2.24) is 15.3 Å². The van der Waals surface area contributed by atoms with E-state index in [2.05, 4.69) is 15.3 Å². The Morgan fingerprint density at radius 1 is 1.10 bits per heavy atom. The van der Waals surface area contributed by atoms with E-state index in [1.54, 1.807) is 42.5 Å². The average molecular weight is 435 g/mol. The van der Waals surface area contributed by atoms with Crippen LogP contribution in [0.1, 0.15) is 17.2 Å². The Kier molecular flexibility index (Phi) is 6.56. The minimum Gasteiger partial charge on any atom is -0.368 e. The van der Waals surface area contributed by atoms with Gasteiger partial charge in [-0.2, -0.15) is 13.2 Å². The Bertz CT molecular complexity index is 1030. The van der Waals surface area contributed by atoms with E-state index in [0.29, 0.717) is 22.1 Å². The molecule has 30 heavy (non-hydrogen) atoms. The van der Waals surface area contributed by atoms with Crippen molar-refractivity contribution in [1.29, 1.82) is 0 Å². The maximum Gasteiger partial charge on any atom is 0.471 e. The van der Waals surface area contributed by atoms with Crippen LogP contribution in [0, 0.1) is 6.92 Å². The first-order valence-corrected chi connectivity index (χ1v) is 9.37. The summed E-state index contributed by atoms with van der Waals surface area (Å²) < 4.78 is 38.2. The molecule has 9 heteroatoms. The van der Waals surface area contributed by atoms with Gasteiger partial charge in [0.25, 0.3) is 0 Å². The van der Waals surface area contributed by atoms with Crippen molar-refractivity contribution < 1.29 is 18.0 Å². The number of amides is 1. The zero-order valence-corrected chi connectivity index (χ0v) is 16.6. The van der Waals surface area contributed by atoms with Gasteiger partial charge in [-0.3, -0.25) is 4.79 Å². The number of aromatic nitrogens is 2. The number of alkyl halides is 3. The van der Waals surface area contributed by atoms with E-state index in [-0.39, 0.29) is 6.54 Å². The Hall–Kier alpha value is -3.13. The van der Waals surface area contributed by atoms with Crippen molar-refractivity contribution in [3.05, 3.63) is 77.1 Å². The molecule has 1 heterocycles. The lowest BCUT2D eigenvalue weighted by atomic mass is 10.1. The van der Waals surface area contributed by atoms with Crippen molar-refractivity contribution in [2.75, 3.05) is 11.9 Å². The first-order valence-electron chi connectivity index (χ1n) is 8.99. The SMILES string of the molecule is Cc1ccc(-c2cc(NC[C@H](NC(=O)C(F)(F)F)c3ccccc3)ncn2)cc1Cl. The highest BCUT2D eigenvalue weighted by atomic mass is 35.5. The molecule has 0 radical (unpaired) electrons. The molecule has 0 aliphatic heterocycles. The van der Waals surface area contributed by atoms with Crippen LogP contribution in [0.2, 0.25) is 5.02 Å². The molecule has 3 rings (SSSR count). The van der Waals surface area contributed by atoms with Crippen molar-refractivity contribution in [2.24, 2.45) is 0 Å². The third kappa shape index (κ3) is 5.48. The number of carbonyl (C=O) groups is 1. The van der Waals surface area contributed by atoms with Crippen molar-refractivity contribution in [2.45, 2.75) is 19.1 Å². The van der Waals surface area contributed by atoms with Gasteiger partial charge in [0.15, 0.2) is 0 Å². The average Bonchev–Trinajstić information content (AvgIpc) is 2.73. The number of benzene rings is 2. The zero-order chi connectivity index (χ0) is 21.7. The minimum absolute atomic E-state index is 0.00304. The van der Waals surface area contributed by atoms with Gasteiger partial charge in [-0.1, -0.05) is 54.1 Å². The third-order valence-corrected chi connectivity index (χ3v) is 4.79. The molecule has 1 aromatic heterocycles. The smallest absolute Gasteiger partial charge is 0.368 e. The van der Waals surface area contributed by atoms with Gasteiger partial charge in [0.05, 0.1) is 11.7 Å². The summed E-state index contributed by atoms with van der Waals surface area (Å²) >= 11 is 6.17. The highest BCUT2D eigenvalue weighted by molar-refractivity contribution is 6.31. The molecule has 0 unspecified atom stereocenters. The van der Waals surface area contributed by atoms with E-state index < -0.39 is 18.1 Å². The van der Waals surface area contributed by atoms with Crippen molar-refractivity contribution >= 4 is 23.3 Å². The van der Waals surface area contributed by atoms with Gasteiger partial charge in [0.2, 0.25) is 0 Å². The quantitative estimate of drug-likeness (QED) is 0.577. The molecule has 5 nitrogen and oxygen atoms in total. The fraction of sp³-hybridized carbons (Fsp3) is 0.190. The summed E-state index contributed by atoms with van der Waals surface area (Å²) in [6, 6.07) is 14.7. The molecule has 0 aliphatic rings. The van der Waals surface area contributed by atoms with Crippen LogP contribution in [0.4, 0.5) is 19.0 Å². The number of hydrogen-bond donors (Lipinski definition) is 2. The van der Waals surface area contributed by atoms with Gasteiger partial charge in [-0.15, -0.1) is 0 Å². The largest absolute Gasteiger partial charge is 0.471 e. The topological polar surface area (TPSA) is 66.9 Å². The van der Waals surface area contributed by atoms with E-state index in [1.165, 1.54) is 6.33 Å². The van der Waals surface area contributed by atoms with Crippen LogP contribution in [0.25, 0.3) is 11.3 Å². The highest BCUT2D eigenvalue weighted by Gasteiger charge is 2.39. The van der Waals surface area contributed by atoms with Gasteiger partial charge in [-0.25, -0.2) is 9.97 Å². The summed E-state index contributed by atoms with van der Waals surface area (Å²) in [6.07, 6.45) is -3.63. The number of carbonyl (C=O) groups excluding carboxylic acids is 1. The third-order valence-electron chi connectivity index (χ3n) is 4.39. The fourth-order valence-corrected chi connectivity index (χ4v) is 2.93. The number of nitrogens with one attached hydrogen (secondary N) is 2. The van der Waals surface area contributed by atoms with Crippen LogP contribution in [-0.4, -0.2) is 28.6 Å². The highest BCUT2D eigenvalue weighted by Crippen LogP contribution is 2.25. The number of nitrogens with zero attached hydrogens (tertiary/aromatic N) is 2. The molecule has 2 N–H and O–H groups in total. The Morgan fingerprint density at radius 3 is 2.50 bits per heavy atom. The van der Waals surface area contributed by atoms with E-state index in [9.17, 15) is 18.0 Å². The molecular formula is C21H18ClF3N4O. The molecule has 156 valence electrons. The number of hydrogen-bond acceptors (Lipinski definition) is 4. The van der Waals surface area contributed by atoms with E-state index in [0.717, 1.165) is 11.1 Å². The Balaban J connectivity index is 1.78. The molecule has 1 amide bonds. The number of halogens is 4. The first-order chi connectivity index (χ1) is 14.2. The normalized spacial score (nSPS) is 12.3. The van der Waals surface area contributed by atoms with Crippen LogP contribution >= 0.6 is 11.6 Å². The lowest BCUT2D eigenvalue weighted by Gasteiger charge is -2.21. The number of rotatable bonds is 6. The molecule has 0 bridgehead atoms. The van der Waals surface area contributed by atoms with Crippen LogP contribution in [0.15, 0.2) is 60.9 Å². The summed E-state index contributed by atoms with van der Waals surface area (Å²) in [4.78, 5) is 19.8. The summed E-state index contributed by atoms with van der Waals surface area (Å²) in [7, 11) is 0. The first kappa shape index (κ1) is 21.6. The van der Waals surface area contributed by atoms with E-state index in [1.807, 2.05) is 24.4 Å². The molecule has 2 aromatic carbocycles.